The van der Waals surface area contributed by atoms with Gasteiger partial charge >= 0.3 is 0 Å². The number of hydrogen-bond acceptors (Lipinski definition) is 3. The van der Waals surface area contributed by atoms with E-state index in [2.05, 4.69) is 119 Å². The van der Waals surface area contributed by atoms with Gasteiger partial charge < -0.3 is 14.0 Å². The van der Waals surface area contributed by atoms with Crippen LogP contribution < -0.4 is 0 Å². The maximum absolute atomic E-state index is 9.39. The Balaban J connectivity index is 2.40. The van der Waals surface area contributed by atoms with Gasteiger partial charge in [-0.2, -0.15) is 0 Å². The molecular weight excluding hydrogens is 501 g/mol. The minimum atomic E-state index is -0.732. The number of rotatable bonds is 12. The third-order valence-corrected chi connectivity index (χ3v) is 10.3. The number of aryl methyl sites for hydroxylation is 2. The Kier molecular flexibility index (Phi) is 11.4. The van der Waals surface area contributed by atoms with Crippen LogP contribution in [0.4, 0.5) is 0 Å². The van der Waals surface area contributed by atoms with Crippen LogP contribution in [0, 0.1) is 0 Å². The quantitative estimate of drug-likeness (QED) is 0.279. The molecule has 0 aliphatic heterocycles. The van der Waals surface area contributed by atoms with Gasteiger partial charge in [0.1, 0.15) is 0 Å². The normalized spacial score (nSPS) is 14.4. The number of aliphatic hydroxyl groups is 1. The van der Waals surface area contributed by atoms with Gasteiger partial charge in [0.05, 0.1) is 17.8 Å². The summed E-state index contributed by atoms with van der Waals surface area (Å²) in [6, 6.07) is 15.7. The molecular formula is C33H54O3Si2. The molecule has 38 heavy (non-hydrogen) atoms. The molecule has 2 aromatic carbocycles. The van der Waals surface area contributed by atoms with Crippen LogP contribution in [0.15, 0.2) is 48.5 Å². The lowest BCUT2D eigenvalue weighted by molar-refractivity contribution is 0.0829. The van der Waals surface area contributed by atoms with Crippen LogP contribution in [-0.2, 0) is 32.9 Å². The summed E-state index contributed by atoms with van der Waals surface area (Å²) in [6.07, 6.45) is 4.77. The first-order valence-corrected chi connectivity index (χ1v) is 16.9. The molecule has 0 saturated heterocycles. The highest BCUT2D eigenvalue weighted by Gasteiger charge is 2.33. The van der Waals surface area contributed by atoms with E-state index in [1.165, 1.54) is 33.4 Å². The Hall–Kier alpha value is -1.51. The molecule has 5 heteroatoms. The number of benzene rings is 2. The van der Waals surface area contributed by atoms with E-state index in [1.54, 1.807) is 0 Å². The zero-order chi connectivity index (χ0) is 28.8. The van der Waals surface area contributed by atoms with Crippen molar-refractivity contribution < 1.29 is 14.0 Å². The Morgan fingerprint density at radius 2 is 1.26 bits per heavy atom. The Labute approximate surface area is 238 Å². The molecule has 212 valence electrons. The summed E-state index contributed by atoms with van der Waals surface area (Å²) in [4.78, 5) is 0. The zero-order valence-corrected chi connectivity index (χ0v) is 29.0. The molecule has 0 aliphatic carbocycles. The largest absolute Gasteiger partial charge is 0.415 e. The second-order valence-electron chi connectivity index (χ2n) is 14.1. The summed E-state index contributed by atoms with van der Waals surface area (Å²) in [7, 11) is -1.45. The molecule has 1 N–H and O–H groups in total. The van der Waals surface area contributed by atoms with Crippen molar-refractivity contribution >= 4 is 25.1 Å². The first kappa shape index (κ1) is 32.7. The first-order valence-electron chi connectivity index (χ1n) is 14.3. The molecule has 0 amide bonds. The van der Waals surface area contributed by atoms with Gasteiger partial charge in [0, 0.05) is 0 Å². The van der Waals surface area contributed by atoms with Crippen LogP contribution in [0.5, 0.6) is 0 Å². The summed E-state index contributed by atoms with van der Waals surface area (Å²) in [6.45, 7) is 24.8. The summed E-state index contributed by atoms with van der Waals surface area (Å²) in [5.74, 6) is 0. The molecule has 0 fully saturated rings. The Bertz CT molecular complexity index is 1070. The maximum Gasteiger partial charge on any atom is 0.168 e. The van der Waals surface area contributed by atoms with E-state index < -0.39 is 19.5 Å². The molecule has 0 atom stereocenters. The standard InChI is InChI=1S/C33H54O3Si2/c1-12-26(20-21-34)27-15-13-14-24(22-27)16-17-25-18-19-28(32(8,9)35-37-30(2,3)4)29(23-25)33(10,11)36-38-31(5,6)7/h13-15,18-20,22-23,34H,12,16-17,21,37-38H2,1-11H3. The smallest absolute Gasteiger partial charge is 0.168 e. The molecule has 0 radical (unpaired) electrons. The third-order valence-electron chi connectivity index (χ3n) is 6.83. The van der Waals surface area contributed by atoms with E-state index in [4.69, 9.17) is 8.85 Å². The average molecular weight is 555 g/mol. The van der Waals surface area contributed by atoms with Gasteiger partial charge in [-0.25, -0.2) is 0 Å². The van der Waals surface area contributed by atoms with E-state index in [0.29, 0.717) is 0 Å². The number of allylic oxidation sites excluding steroid dienone is 1. The van der Waals surface area contributed by atoms with Crippen LogP contribution in [0.25, 0.3) is 5.57 Å². The van der Waals surface area contributed by atoms with Crippen molar-refractivity contribution in [1.29, 1.82) is 0 Å². The van der Waals surface area contributed by atoms with E-state index in [-0.39, 0.29) is 27.9 Å². The van der Waals surface area contributed by atoms with Crippen LogP contribution in [0.3, 0.4) is 0 Å². The highest BCUT2D eigenvalue weighted by atomic mass is 28.2. The minimum Gasteiger partial charge on any atom is -0.415 e. The van der Waals surface area contributed by atoms with E-state index in [0.717, 1.165) is 19.3 Å². The summed E-state index contributed by atoms with van der Waals surface area (Å²) < 4.78 is 13.4. The Morgan fingerprint density at radius 3 is 1.76 bits per heavy atom. The molecule has 0 aromatic heterocycles. The number of hydrogen-bond donors (Lipinski definition) is 1. The van der Waals surface area contributed by atoms with Crippen LogP contribution in [-0.4, -0.2) is 31.2 Å². The summed E-state index contributed by atoms with van der Waals surface area (Å²) >= 11 is 0. The van der Waals surface area contributed by atoms with Gasteiger partial charge in [0.15, 0.2) is 19.5 Å². The fourth-order valence-electron chi connectivity index (χ4n) is 4.51. The predicted octanol–water partition coefficient (Wildman–Crippen LogP) is 7.37. The van der Waals surface area contributed by atoms with Crippen LogP contribution in [0.2, 0.25) is 10.1 Å². The molecule has 0 aliphatic rings. The third kappa shape index (κ3) is 10.2. The van der Waals surface area contributed by atoms with Gasteiger partial charge in [0.2, 0.25) is 0 Å². The highest BCUT2D eigenvalue weighted by Crippen LogP contribution is 2.39. The van der Waals surface area contributed by atoms with Crippen molar-refractivity contribution in [3.05, 3.63) is 76.4 Å². The molecule has 0 unspecified atom stereocenters. The zero-order valence-electron chi connectivity index (χ0n) is 26.1. The van der Waals surface area contributed by atoms with Crippen molar-refractivity contribution in [2.45, 2.75) is 117 Å². The summed E-state index contributed by atoms with van der Waals surface area (Å²) in [5.41, 5.74) is 6.82. The minimum absolute atomic E-state index is 0.0801. The predicted molar refractivity (Wildman–Crippen MR) is 170 cm³/mol. The van der Waals surface area contributed by atoms with Gasteiger partial charge in [0.25, 0.3) is 0 Å². The fraction of sp³-hybridized carbons (Fsp3) is 0.576. The first-order chi connectivity index (χ1) is 17.5. The van der Waals surface area contributed by atoms with Crippen LogP contribution in [0.1, 0.15) is 110 Å². The molecule has 0 heterocycles. The molecule has 2 aromatic rings. The van der Waals surface area contributed by atoms with Gasteiger partial charge in [-0.3, -0.25) is 0 Å². The lowest BCUT2D eigenvalue weighted by Gasteiger charge is -2.38. The molecule has 0 bridgehead atoms. The lowest BCUT2D eigenvalue weighted by Crippen LogP contribution is -2.34. The van der Waals surface area contributed by atoms with Crippen LogP contribution >= 0.6 is 0 Å². The fourth-order valence-corrected chi connectivity index (χ4v) is 6.41. The maximum atomic E-state index is 9.39. The second kappa shape index (κ2) is 13.2. The van der Waals surface area contributed by atoms with Crippen molar-refractivity contribution in [3.63, 3.8) is 0 Å². The van der Waals surface area contributed by atoms with Crippen molar-refractivity contribution in [3.8, 4) is 0 Å². The van der Waals surface area contributed by atoms with Gasteiger partial charge in [-0.05, 0) is 90.4 Å². The van der Waals surface area contributed by atoms with Gasteiger partial charge in [-0.1, -0.05) is 97.0 Å². The average Bonchev–Trinajstić information content (AvgIpc) is 2.83. The van der Waals surface area contributed by atoms with Crippen molar-refractivity contribution in [2.75, 3.05) is 6.61 Å². The molecule has 0 spiro atoms. The van der Waals surface area contributed by atoms with Crippen molar-refractivity contribution in [1.82, 2.24) is 0 Å². The van der Waals surface area contributed by atoms with Gasteiger partial charge in [-0.15, -0.1) is 0 Å². The molecule has 3 nitrogen and oxygen atoms in total. The highest BCUT2D eigenvalue weighted by molar-refractivity contribution is 6.32. The topological polar surface area (TPSA) is 38.7 Å². The molecule has 2 rings (SSSR count). The van der Waals surface area contributed by atoms with E-state index in [9.17, 15) is 5.11 Å². The van der Waals surface area contributed by atoms with Crippen molar-refractivity contribution in [2.24, 2.45) is 0 Å². The monoisotopic (exact) mass is 554 g/mol. The van der Waals surface area contributed by atoms with E-state index >= 15 is 0 Å². The van der Waals surface area contributed by atoms with E-state index in [1.807, 2.05) is 6.08 Å². The SMILES string of the molecule is CCC(=CCO)c1cccc(CCc2ccc(C(C)(C)O[SiH2]C(C)(C)C)c(C(C)(C)O[SiH2]C(C)(C)C)c2)c1. The lowest BCUT2D eigenvalue weighted by atomic mass is 9.84. The molecule has 0 saturated carbocycles. The Morgan fingerprint density at radius 1 is 0.737 bits per heavy atom. The second-order valence-corrected chi connectivity index (χ2v) is 19.5. The number of aliphatic hydroxyl groups excluding tert-OH is 1. The summed E-state index contributed by atoms with van der Waals surface area (Å²) in [5, 5.41) is 9.85.